The van der Waals surface area contributed by atoms with Crippen molar-refractivity contribution in [1.29, 1.82) is 0 Å². The average Bonchev–Trinajstić information content (AvgIpc) is 2.69. The lowest BCUT2D eigenvalue weighted by atomic mass is 10.6. The van der Waals surface area contributed by atoms with Crippen LogP contribution in [0.3, 0.4) is 0 Å². The van der Waals surface area contributed by atoms with E-state index < -0.39 is 9.05 Å². The molecule has 0 spiro atoms. The first-order valence-corrected chi connectivity index (χ1v) is 6.92. The maximum atomic E-state index is 11.0. The standard InChI is InChI=1S/C7H5ClN2O3S2/c8-15(12,13)7-2-1-6(14-7)10-4-3-5(11)9-10/h1-4H,(H,9,11). The van der Waals surface area contributed by atoms with Gasteiger partial charge in [-0.05, 0) is 12.1 Å². The minimum absolute atomic E-state index is 0.0497. The van der Waals surface area contributed by atoms with Gasteiger partial charge in [-0.15, -0.1) is 11.3 Å². The highest BCUT2D eigenvalue weighted by Gasteiger charge is 2.13. The normalized spacial score (nSPS) is 11.8. The Balaban J connectivity index is 2.49. The third-order valence-corrected chi connectivity index (χ3v) is 4.83. The highest BCUT2D eigenvalue weighted by atomic mass is 35.7. The Morgan fingerprint density at radius 3 is 2.53 bits per heavy atom. The number of hydrogen-bond acceptors (Lipinski definition) is 4. The van der Waals surface area contributed by atoms with E-state index >= 15 is 0 Å². The lowest BCUT2D eigenvalue weighted by Crippen LogP contribution is -2.01. The Morgan fingerprint density at radius 2 is 2.07 bits per heavy atom. The molecule has 2 aromatic heterocycles. The van der Waals surface area contributed by atoms with E-state index in [4.69, 9.17) is 10.7 Å². The number of hydrogen-bond donors (Lipinski definition) is 1. The molecule has 0 radical (unpaired) electrons. The summed E-state index contributed by atoms with van der Waals surface area (Å²) in [5.74, 6) is 0. The van der Waals surface area contributed by atoms with E-state index in [1.54, 1.807) is 6.07 Å². The van der Waals surface area contributed by atoms with Crippen LogP contribution in [0.15, 0.2) is 33.4 Å². The number of H-pyrrole nitrogens is 1. The van der Waals surface area contributed by atoms with Gasteiger partial charge in [0.1, 0.15) is 9.21 Å². The highest BCUT2D eigenvalue weighted by Crippen LogP contribution is 2.26. The van der Waals surface area contributed by atoms with E-state index in [0.29, 0.717) is 5.00 Å². The number of nitrogens with one attached hydrogen (secondary N) is 1. The molecule has 1 N–H and O–H groups in total. The van der Waals surface area contributed by atoms with Crippen molar-refractivity contribution in [2.45, 2.75) is 4.21 Å². The molecule has 2 heterocycles. The number of nitrogens with zero attached hydrogens (tertiary/aromatic N) is 1. The second-order valence-corrected chi connectivity index (χ2v) is 6.55. The fourth-order valence-electron chi connectivity index (χ4n) is 1.03. The van der Waals surface area contributed by atoms with Crippen molar-refractivity contribution in [2.75, 3.05) is 0 Å². The zero-order valence-electron chi connectivity index (χ0n) is 7.18. The summed E-state index contributed by atoms with van der Waals surface area (Å²) >= 11 is 0.979. The molecule has 0 saturated heterocycles. The summed E-state index contributed by atoms with van der Waals surface area (Å²) in [6.45, 7) is 0. The lowest BCUT2D eigenvalue weighted by Gasteiger charge is -1.94. The van der Waals surface area contributed by atoms with Gasteiger partial charge in [0.2, 0.25) is 0 Å². The summed E-state index contributed by atoms with van der Waals surface area (Å²) < 4.78 is 23.4. The van der Waals surface area contributed by atoms with Crippen molar-refractivity contribution in [1.82, 2.24) is 9.78 Å². The van der Waals surface area contributed by atoms with E-state index in [0.717, 1.165) is 11.3 Å². The zero-order valence-corrected chi connectivity index (χ0v) is 9.56. The van der Waals surface area contributed by atoms with Gasteiger partial charge >= 0.3 is 0 Å². The van der Waals surface area contributed by atoms with Gasteiger partial charge in [0.05, 0.1) is 0 Å². The number of aromatic nitrogens is 2. The smallest absolute Gasteiger partial charge is 0.268 e. The predicted molar refractivity (Wildman–Crippen MR) is 57.3 cm³/mol. The molecule has 0 aliphatic carbocycles. The summed E-state index contributed by atoms with van der Waals surface area (Å²) in [4.78, 5) is 10.9. The molecule has 80 valence electrons. The number of aromatic amines is 1. The molecule has 0 bridgehead atoms. The van der Waals surface area contributed by atoms with E-state index in [1.165, 1.54) is 23.0 Å². The van der Waals surface area contributed by atoms with E-state index in [-0.39, 0.29) is 9.77 Å². The Labute approximate surface area is 93.3 Å². The monoisotopic (exact) mass is 264 g/mol. The van der Waals surface area contributed by atoms with Crippen LogP contribution < -0.4 is 5.56 Å². The molecule has 2 rings (SSSR count). The van der Waals surface area contributed by atoms with Crippen LogP contribution in [0, 0.1) is 0 Å². The fraction of sp³-hybridized carbons (Fsp3) is 0. The molecule has 5 nitrogen and oxygen atoms in total. The maximum Gasteiger partial charge on any atom is 0.270 e. The van der Waals surface area contributed by atoms with Crippen LogP contribution in [-0.2, 0) is 9.05 Å². The van der Waals surface area contributed by atoms with Crippen molar-refractivity contribution in [3.05, 3.63) is 34.7 Å². The minimum Gasteiger partial charge on any atom is -0.268 e. The molecule has 0 atom stereocenters. The average molecular weight is 265 g/mol. The van der Waals surface area contributed by atoms with Crippen LogP contribution >= 0.6 is 22.0 Å². The summed E-state index contributed by atoms with van der Waals surface area (Å²) in [5, 5.41) is 3.07. The second-order valence-electron chi connectivity index (χ2n) is 2.69. The van der Waals surface area contributed by atoms with Crippen LogP contribution in [0.1, 0.15) is 0 Å². The van der Waals surface area contributed by atoms with Crippen LogP contribution in [0.25, 0.3) is 5.00 Å². The molecule has 8 heteroatoms. The highest BCUT2D eigenvalue weighted by molar-refractivity contribution is 8.15. The molecule has 0 aliphatic rings. The van der Waals surface area contributed by atoms with Crippen molar-refractivity contribution < 1.29 is 8.42 Å². The van der Waals surface area contributed by atoms with E-state index in [1.807, 2.05) is 0 Å². The third kappa shape index (κ3) is 2.14. The number of thiophene rings is 1. The summed E-state index contributed by atoms with van der Waals surface area (Å²) in [7, 11) is 1.47. The Bertz CT molecular complexity index is 637. The SMILES string of the molecule is O=c1ccn(-c2ccc(S(=O)(=O)Cl)s2)[nH]1. The number of halogens is 1. The van der Waals surface area contributed by atoms with Crippen molar-refractivity contribution in [2.24, 2.45) is 0 Å². The number of rotatable bonds is 2. The van der Waals surface area contributed by atoms with Crippen molar-refractivity contribution in [3.63, 3.8) is 0 Å². The van der Waals surface area contributed by atoms with Crippen molar-refractivity contribution in [3.8, 4) is 5.00 Å². The first kappa shape index (κ1) is 10.5. The quantitative estimate of drug-likeness (QED) is 0.827. The fourth-order valence-corrected chi connectivity index (χ4v) is 3.04. The summed E-state index contributed by atoms with van der Waals surface area (Å²) in [5.41, 5.74) is -0.251. The third-order valence-electron chi connectivity index (χ3n) is 1.65. The van der Waals surface area contributed by atoms with Crippen LogP contribution in [-0.4, -0.2) is 18.2 Å². The topological polar surface area (TPSA) is 71.9 Å². The molecule has 0 saturated carbocycles. The molecule has 2 aromatic rings. The maximum absolute atomic E-state index is 11.0. The van der Waals surface area contributed by atoms with Gasteiger partial charge < -0.3 is 0 Å². The molecule has 0 aromatic carbocycles. The van der Waals surface area contributed by atoms with Gasteiger partial charge in [-0.25, -0.2) is 8.42 Å². The van der Waals surface area contributed by atoms with Gasteiger partial charge in [-0.2, -0.15) is 0 Å². The van der Waals surface area contributed by atoms with Gasteiger partial charge in [0, 0.05) is 22.9 Å². The Morgan fingerprint density at radius 1 is 1.33 bits per heavy atom. The van der Waals surface area contributed by atoms with Gasteiger partial charge in [0.15, 0.2) is 0 Å². The van der Waals surface area contributed by atoms with Crippen molar-refractivity contribution >= 4 is 31.1 Å². The van der Waals surface area contributed by atoms with Gasteiger partial charge in [-0.1, -0.05) is 0 Å². The Hall–Kier alpha value is -1.05. The molecule has 15 heavy (non-hydrogen) atoms. The van der Waals surface area contributed by atoms with Gasteiger partial charge in [0.25, 0.3) is 14.6 Å². The first-order valence-electron chi connectivity index (χ1n) is 3.79. The molecule has 0 aliphatic heterocycles. The predicted octanol–water partition coefficient (Wildman–Crippen LogP) is 1.15. The summed E-state index contributed by atoms with van der Waals surface area (Å²) in [6, 6.07) is 4.30. The molecular formula is C7H5ClN2O3S2. The Kier molecular flexibility index (Phi) is 2.45. The first-order chi connectivity index (χ1) is 6.97. The van der Waals surface area contributed by atoms with E-state index in [2.05, 4.69) is 5.10 Å². The molecule has 0 unspecified atom stereocenters. The van der Waals surface area contributed by atoms with E-state index in [9.17, 15) is 13.2 Å². The minimum atomic E-state index is -3.70. The van der Waals surface area contributed by atoms with Crippen LogP contribution in [0.2, 0.25) is 0 Å². The van der Waals surface area contributed by atoms with Gasteiger partial charge in [-0.3, -0.25) is 14.6 Å². The zero-order chi connectivity index (χ0) is 11.1. The lowest BCUT2D eigenvalue weighted by molar-refractivity contribution is 0.611. The molecule has 0 amide bonds. The second kappa shape index (κ2) is 3.51. The molecular weight excluding hydrogens is 260 g/mol. The van der Waals surface area contributed by atoms with Crippen LogP contribution in [0.4, 0.5) is 0 Å². The largest absolute Gasteiger partial charge is 0.270 e. The summed E-state index contributed by atoms with van der Waals surface area (Å²) in [6.07, 6.45) is 1.51. The molecule has 0 fully saturated rings. The van der Waals surface area contributed by atoms with Crippen LogP contribution in [0.5, 0.6) is 0 Å².